The summed E-state index contributed by atoms with van der Waals surface area (Å²) in [6.07, 6.45) is 19.6. The molecule has 2 fully saturated rings. The van der Waals surface area contributed by atoms with Crippen LogP contribution < -0.4 is 24.8 Å². The van der Waals surface area contributed by atoms with Crippen LogP contribution in [0.4, 0.5) is 5.69 Å². The van der Waals surface area contributed by atoms with Gasteiger partial charge in [0.15, 0.2) is 0 Å². The lowest BCUT2D eigenvalue weighted by molar-refractivity contribution is -0.131. The van der Waals surface area contributed by atoms with Crippen LogP contribution >= 0.6 is 15.9 Å². The van der Waals surface area contributed by atoms with Crippen LogP contribution in [0.25, 0.3) is 0 Å². The molecule has 3 atom stereocenters. The topological polar surface area (TPSA) is 146 Å². The molecule has 3 aliphatic carbocycles. The number of carbonyl (C=O) groups is 2. The molecule has 1 heterocycles. The summed E-state index contributed by atoms with van der Waals surface area (Å²) in [6, 6.07) is 10.8. The van der Waals surface area contributed by atoms with Crippen molar-refractivity contribution in [1.82, 2.24) is 14.9 Å². The molecular formula is C44H53BrN4O7S. The Hall–Kier alpha value is -4.59. The molecule has 11 nitrogen and oxygen atoms in total. The smallest absolute Gasteiger partial charge is 0.335 e. The summed E-state index contributed by atoms with van der Waals surface area (Å²) in [7, 11) is -2.22. The van der Waals surface area contributed by atoms with E-state index in [-0.39, 0.29) is 31.0 Å². The van der Waals surface area contributed by atoms with E-state index in [1.165, 1.54) is 17.7 Å². The largest absolute Gasteiger partial charge is 0.495 e. The van der Waals surface area contributed by atoms with Gasteiger partial charge in [-0.1, -0.05) is 57.9 Å². The molecule has 1 aliphatic heterocycles. The zero-order chi connectivity index (χ0) is 40.5. The van der Waals surface area contributed by atoms with Gasteiger partial charge >= 0.3 is 5.97 Å². The number of sulfonamides is 1. The quantitative estimate of drug-likeness (QED) is 0.139. The number of hydrogen-bond acceptors (Lipinski definition) is 8. The lowest BCUT2D eigenvalue weighted by atomic mass is 9.92. The van der Waals surface area contributed by atoms with E-state index in [9.17, 15) is 23.1 Å². The standard InChI is InChI=1S/C44H53BrN4O7S/c1-4-5-14-36-29(2)11-6-9-17-41(36)57(53,54)48-33-26-34(28-56-35-21-19-32(20-22-35)44(51)52)49(27-33)42(50)25-30-18-23-39(40(24-30)55-3)47-43(31-12-10-13-31)46-38-16-8-7-15-37(38)45/h4-5,8,11,14,16,18-24,33-34,41,46-48H,6-7,9-10,12-13,15,17,25-28H2,1-3H3,(H,51,52)/b5-4-,36-14-. The number of amides is 1. The van der Waals surface area contributed by atoms with Crippen molar-refractivity contribution >= 4 is 43.5 Å². The number of benzene rings is 2. The second kappa shape index (κ2) is 19.2. The first-order valence-electron chi connectivity index (χ1n) is 19.7. The van der Waals surface area contributed by atoms with Crippen LogP contribution in [0.2, 0.25) is 0 Å². The molecule has 2 aromatic rings. The van der Waals surface area contributed by atoms with Gasteiger partial charge < -0.3 is 30.1 Å². The Morgan fingerprint density at radius 2 is 1.84 bits per heavy atom. The van der Waals surface area contributed by atoms with Gasteiger partial charge in [0.25, 0.3) is 0 Å². The molecule has 57 heavy (non-hydrogen) atoms. The minimum absolute atomic E-state index is 0.0690. The maximum atomic E-state index is 14.2. The summed E-state index contributed by atoms with van der Waals surface area (Å²) < 4.78 is 44.2. The number of carboxylic acids is 1. The fourth-order valence-corrected chi connectivity index (χ4v) is 9.96. The second-order valence-electron chi connectivity index (χ2n) is 14.9. The highest BCUT2D eigenvalue weighted by molar-refractivity contribution is 9.11. The molecule has 1 saturated carbocycles. The third-order valence-corrected chi connectivity index (χ3v) is 13.7. The number of carboxylic acid groups (broad SMARTS) is 1. The highest BCUT2D eigenvalue weighted by Gasteiger charge is 2.40. The number of aromatic carboxylic acids is 1. The Morgan fingerprint density at radius 3 is 2.53 bits per heavy atom. The maximum absolute atomic E-state index is 14.2. The van der Waals surface area contributed by atoms with E-state index in [1.807, 2.05) is 50.3 Å². The summed E-state index contributed by atoms with van der Waals surface area (Å²) in [6.45, 7) is 4.14. The molecule has 304 valence electrons. The molecule has 0 radical (unpaired) electrons. The number of ether oxygens (including phenoxy) is 2. The molecule has 0 spiro atoms. The SMILES string of the molecule is C/C=C\C=C1\C(C)=CCCCC1S(=O)(=O)NC1CC(COc2ccc(C(=O)O)cc2)N(C(=O)Cc2ccc(NC(NC3=C(Br)CCC=C3)=C3CCC3)c(OC)c2)C1. The van der Waals surface area contributed by atoms with E-state index >= 15 is 0 Å². The molecule has 0 aromatic heterocycles. The summed E-state index contributed by atoms with van der Waals surface area (Å²) >= 11 is 3.72. The van der Waals surface area contributed by atoms with Gasteiger partial charge in [-0.05, 0) is 131 Å². The minimum atomic E-state index is -3.82. The number of rotatable bonds is 15. The highest BCUT2D eigenvalue weighted by atomic mass is 79.9. The normalized spacial score (nSPS) is 21.9. The summed E-state index contributed by atoms with van der Waals surface area (Å²) in [5.74, 6) is 0.780. The number of nitrogens with one attached hydrogen (secondary N) is 3. The highest BCUT2D eigenvalue weighted by Crippen LogP contribution is 2.34. The number of allylic oxidation sites excluding steroid dienone is 9. The van der Waals surface area contributed by atoms with Crippen LogP contribution in [0.3, 0.4) is 0 Å². The average Bonchev–Trinajstić information content (AvgIpc) is 3.46. The predicted octanol–water partition coefficient (Wildman–Crippen LogP) is 8.26. The van der Waals surface area contributed by atoms with Gasteiger partial charge in [-0.15, -0.1) is 0 Å². The molecular weight excluding hydrogens is 808 g/mol. The molecule has 4 N–H and O–H groups in total. The molecule has 1 amide bonds. The Labute approximate surface area is 344 Å². The lowest BCUT2D eigenvalue weighted by Gasteiger charge is -2.27. The van der Waals surface area contributed by atoms with Crippen LogP contribution in [0.5, 0.6) is 11.5 Å². The number of hydrogen-bond donors (Lipinski definition) is 4. The van der Waals surface area contributed by atoms with Gasteiger partial charge in [-0.3, -0.25) is 4.79 Å². The van der Waals surface area contributed by atoms with Crippen molar-refractivity contribution in [2.75, 3.05) is 25.6 Å². The van der Waals surface area contributed by atoms with Crippen molar-refractivity contribution in [3.05, 3.63) is 123 Å². The van der Waals surface area contributed by atoms with Crippen LogP contribution in [0, 0.1) is 0 Å². The van der Waals surface area contributed by atoms with E-state index in [2.05, 4.69) is 49.5 Å². The first-order valence-corrected chi connectivity index (χ1v) is 22.0. The van der Waals surface area contributed by atoms with Crippen LogP contribution in [-0.4, -0.2) is 67.9 Å². The third-order valence-electron chi connectivity index (χ3n) is 10.9. The van der Waals surface area contributed by atoms with Gasteiger partial charge in [-0.25, -0.2) is 17.9 Å². The summed E-state index contributed by atoms with van der Waals surface area (Å²) in [5, 5.41) is 15.8. The van der Waals surface area contributed by atoms with Crippen molar-refractivity contribution < 1.29 is 32.6 Å². The number of carbonyl (C=O) groups excluding carboxylic acids is 1. The predicted molar refractivity (Wildman–Crippen MR) is 228 cm³/mol. The minimum Gasteiger partial charge on any atom is -0.495 e. The van der Waals surface area contributed by atoms with E-state index < -0.39 is 33.3 Å². The molecule has 4 aliphatic rings. The van der Waals surface area contributed by atoms with Crippen molar-refractivity contribution in [3.8, 4) is 11.5 Å². The van der Waals surface area contributed by atoms with Gasteiger partial charge in [-0.2, -0.15) is 0 Å². The Kier molecular flexibility index (Phi) is 14.2. The van der Waals surface area contributed by atoms with E-state index in [4.69, 9.17) is 9.47 Å². The van der Waals surface area contributed by atoms with E-state index in [1.54, 1.807) is 24.1 Å². The van der Waals surface area contributed by atoms with Crippen molar-refractivity contribution in [3.63, 3.8) is 0 Å². The van der Waals surface area contributed by atoms with Gasteiger partial charge in [0.05, 0.1) is 30.8 Å². The number of anilines is 1. The molecule has 2 aromatic carbocycles. The monoisotopic (exact) mass is 860 g/mol. The van der Waals surface area contributed by atoms with Crippen LogP contribution in [0.1, 0.15) is 87.6 Å². The van der Waals surface area contributed by atoms with Crippen molar-refractivity contribution in [2.45, 2.75) is 95.4 Å². The number of halogens is 1. The van der Waals surface area contributed by atoms with E-state index in [0.29, 0.717) is 24.3 Å². The van der Waals surface area contributed by atoms with Crippen molar-refractivity contribution in [2.24, 2.45) is 0 Å². The first kappa shape index (κ1) is 42.0. The van der Waals surface area contributed by atoms with Crippen LogP contribution in [0.15, 0.2) is 112 Å². The third kappa shape index (κ3) is 10.7. The Bertz CT molecular complexity index is 2110. The van der Waals surface area contributed by atoms with Gasteiger partial charge in [0.2, 0.25) is 15.9 Å². The summed E-state index contributed by atoms with van der Waals surface area (Å²) in [4.78, 5) is 27.3. The zero-order valence-corrected chi connectivity index (χ0v) is 35.3. The second-order valence-corrected chi connectivity index (χ2v) is 17.8. The fourth-order valence-electron chi connectivity index (χ4n) is 7.63. The number of likely N-dealkylation sites (tertiary alicyclic amines) is 1. The molecule has 3 unspecified atom stereocenters. The average molecular weight is 862 g/mol. The fraction of sp³-hybridized carbons (Fsp3) is 0.409. The Balaban J connectivity index is 1.20. The molecule has 13 heteroatoms. The Morgan fingerprint density at radius 1 is 1.05 bits per heavy atom. The summed E-state index contributed by atoms with van der Waals surface area (Å²) in [5.41, 5.74) is 5.73. The zero-order valence-electron chi connectivity index (χ0n) is 32.9. The number of methoxy groups -OCH3 is 1. The van der Waals surface area contributed by atoms with Crippen LogP contribution in [-0.2, 0) is 21.2 Å². The molecule has 1 saturated heterocycles. The first-order chi connectivity index (χ1) is 27.4. The molecule has 0 bridgehead atoms. The maximum Gasteiger partial charge on any atom is 0.335 e. The van der Waals surface area contributed by atoms with E-state index in [0.717, 1.165) is 83.3 Å². The molecule has 6 rings (SSSR count). The van der Waals surface area contributed by atoms with Gasteiger partial charge in [0, 0.05) is 22.8 Å². The van der Waals surface area contributed by atoms with Gasteiger partial charge in [0.1, 0.15) is 29.2 Å². The lowest BCUT2D eigenvalue weighted by Crippen LogP contribution is -2.44. The van der Waals surface area contributed by atoms with Crippen molar-refractivity contribution in [1.29, 1.82) is 0 Å². The number of nitrogens with zero attached hydrogens (tertiary/aromatic N) is 1.